The van der Waals surface area contributed by atoms with Crippen LogP contribution in [0.25, 0.3) is 0 Å². The van der Waals surface area contributed by atoms with E-state index in [1.54, 1.807) is 0 Å². The van der Waals surface area contributed by atoms with E-state index in [1.165, 1.54) is 25.9 Å². The summed E-state index contributed by atoms with van der Waals surface area (Å²) < 4.78 is 0. The lowest BCUT2D eigenvalue weighted by Crippen LogP contribution is -2.69. The van der Waals surface area contributed by atoms with Gasteiger partial charge in [-0.3, -0.25) is 0 Å². The van der Waals surface area contributed by atoms with Crippen molar-refractivity contribution < 1.29 is 0 Å². The number of nitrogens with zero attached hydrogens (tertiary/aromatic N) is 1. The van der Waals surface area contributed by atoms with Gasteiger partial charge >= 0.3 is 0 Å². The van der Waals surface area contributed by atoms with Crippen LogP contribution >= 0.6 is 0 Å². The highest BCUT2D eigenvalue weighted by Crippen LogP contribution is 2.66. The van der Waals surface area contributed by atoms with Crippen molar-refractivity contribution >= 4 is 0 Å². The predicted octanol–water partition coefficient (Wildman–Crippen LogP) is 0.546. The fourth-order valence-electron chi connectivity index (χ4n) is 4.01. The summed E-state index contributed by atoms with van der Waals surface area (Å²) >= 11 is 0. The maximum absolute atomic E-state index is 3.56. The molecule has 4 atom stereocenters. The third-order valence-corrected chi connectivity index (χ3v) is 4.64. The zero-order valence-corrected chi connectivity index (χ0v) is 8.01. The lowest BCUT2D eigenvalue weighted by Gasteiger charge is -2.67. The standard InChI is InChI=1S/C10H18N2/c1-12(2)9-7-3-4-10(7)6-11-5-8(9)10/h7-9,11H,3-6H2,1-2H3. The maximum Gasteiger partial charge on any atom is 0.0170 e. The van der Waals surface area contributed by atoms with Crippen molar-refractivity contribution in [3.8, 4) is 0 Å². The van der Waals surface area contributed by atoms with E-state index >= 15 is 0 Å². The van der Waals surface area contributed by atoms with Crippen molar-refractivity contribution in [1.29, 1.82) is 0 Å². The first-order valence-electron chi connectivity index (χ1n) is 5.13. The summed E-state index contributed by atoms with van der Waals surface area (Å²) in [6, 6.07) is 0.897. The van der Waals surface area contributed by atoms with Crippen LogP contribution in [0, 0.1) is 17.3 Å². The van der Waals surface area contributed by atoms with Gasteiger partial charge < -0.3 is 10.2 Å². The van der Waals surface area contributed by atoms with Crippen molar-refractivity contribution in [2.24, 2.45) is 17.3 Å². The second-order valence-electron chi connectivity index (χ2n) is 5.07. The SMILES string of the molecule is CN(C)C1C2CCC23CNCC13. The Labute approximate surface area is 74.3 Å². The van der Waals surface area contributed by atoms with E-state index in [-0.39, 0.29) is 0 Å². The third kappa shape index (κ3) is 0.579. The van der Waals surface area contributed by atoms with Gasteiger partial charge in [-0.25, -0.2) is 0 Å². The number of rotatable bonds is 1. The fourth-order valence-corrected chi connectivity index (χ4v) is 4.01. The van der Waals surface area contributed by atoms with E-state index in [0.717, 1.165) is 23.3 Å². The Morgan fingerprint density at radius 2 is 2.17 bits per heavy atom. The van der Waals surface area contributed by atoms with Gasteiger partial charge in [0.15, 0.2) is 0 Å². The van der Waals surface area contributed by atoms with E-state index in [2.05, 4.69) is 24.3 Å². The molecule has 2 nitrogen and oxygen atoms in total. The molecule has 1 N–H and O–H groups in total. The average molecular weight is 166 g/mol. The second kappa shape index (κ2) is 2.05. The van der Waals surface area contributed by atoms with Gasteiger partial charge in [0, 0.05) is 19.1 Å². The Hall–Kier alpha value is -0.0800. The van der Waals surface area contributed by atoms with Crippen molar-refractivity contribution in [2.45, 2.75) is 18.9 Å². The average Bonchev–Trinajstić information content (AvgIpc) is 2.40. The van der Waals surface area contributed by atoms with Crippen LogP contribution in [0.4, 0.5) is 0 Å². The molecule has 3 rings (SSSR count). The smallest absolute Gasteiger partial charge is 0.0170 e. The first-order valence-corrected chi connectivity index (χ1v) is 5.13. The molecule has 68 valence electrons. The molecule has 1 heterocycles. The van der Waals surface area contributed by atoms with Gasteiger partial charge in [-0.2, -0.15) is 0 Å². The molecule has 0 aromatic rings. The summed E-state index contributed by atoms with van der Waals surface area (Å²) in [5.74, 6) is 2.01. The Balaban J connectivity index is 1.85. The van der Waals surface area contributed by atoms with Gasteiger partial charge in [0.2, 0.25) is 0 Å². The van der Waals surface area contributed by atoms with Crippen LogP contribution in [-0.4, -0.2) is 38.1 Å². The van der Waals surface area contributed by atoms with Crippen LogP contribution in [0.3, 0.4) is 0 Å². The molecule has 0 aromatic carbocycles. The van der Waals surface area contributed by atoms with Crippen LogP contribution < -0.4 is 5.32 Å². The molecule has 0 bridgehead atoms. The van der Waals surface area contributed by atoms with E-state index in [1.807, 2.05) is 0 Å². The molecule has 12 heavy (non-hydrogen) atoms. The summed E-state index contributed by atoms with van der Waals surface area (Å²) in [6.07, 6.45) is 2.99. The van der Waals surface area contributed by atoms with Crippen LogP contribution in [0.2, 0.25) is 0 Å². The van der Waals surface area contributed by atoms with Crippen LogP contribution in [0.5, 0.6) is 0 Å². The number of hydrogen-bond donors (Lipinski definition) is 1. The molecule has 3 aliphatic rings. The van der Waals surface area contributed by atoms with E-state index in [0.29, 0.717) is 0 Å². The van der Waals surface area contributed by atoms with Crippen molar-refractivity contribution in [3.63, 3.8) is 0 Å². The number of nitrogens with one attached hydrogen (secondary N) is 1. The van der Waals surface area contributed by atoms with Gasteiger partial charge in [-0.05, 0) is 44.2 Å². The molecule has 0 aromatic heterocycles. The lowest BCUT2D eigenvalue weighted by molar-refractivity contribution is -0.172. The van der Waals surface area contributed by atoms with Crippen molar-refractivity contribution in [1.82, 2.24) is 10.2 Å². The summed E-state index contributed by atoms with van der Waals surface area (Å²) in [4.78, 5) is 2.44. The minimum Gasteiger partial charge on any atom is -0.316 e. The molecule has 2 heteroatoms. The Morgan fingerprint density at radius 1 is 1.33 bits per heavy atom. The molecule has 0 amide bonds. The van der Waals surface area contributed by atoms with Gasteiger partial charge in [0.05, 0.1) is 0 Å². The lowest BCUT2D eigenvalue weighted by atomic mass is 9.40. The van der Waals surface area contributed by atoms with Crippen LogP contribution in [0.15, 0.2) is 0 Å². The van der Waals surface area contributed by atoms with Crippen molar-refractivity contribution in [2.75, 3.05) is 27.2 Å². The van der Waals surface area contributed by atoms with E-state index in [9.17, 15) is 0 Å². The quantitative estimate of drug-likeness (QED) is 0.612. The highest BCUT2D eigenvalue weighted by atomic mass is 15.2. The normalized spacial score (nSPS) is 55.8. The predicted molar refractivity (Wildman–Crippen MR) is 49.0 cm³/mol. The Morgan fingerprint density at radius 3 is 2.75 bits per heavy atom. The summed E-state index contributed by atoms with van der Waals surface area (Å²) in [5.41, 5.74) is 0.773. The highest BCUT2D eigenvalue weighted by Gasteiger charge is 2.68. The molecule has 2 aliphatic carbocycles. The zero-order valence-electron chi connectivity index (χ0n) is 8.01. The monoisotopic (exact) mass is 166 g/mol. The molecule has 0 radical (unpaired) electrons. The number of hydrogen-bond acceptors (Lipinski definition) is 2. The van der Waals surface area contributed by atoms with Gasteiger partial charge in [0.25, 0.3) is 0 Å². The van der Waals surface area contributed by atoms with Gasteiger partial charge in [-0.1, -0.05) is 0 Å². The summed E-state index contributed by atoms with van der Waals surface area (Å²) in [6.45, 7) is 2.59. The van der Waals surface area contributed by atoms with Crippen LogP contribution in [0.1, 0.15) is 12.8 Å². The van der Waals surface area contributed by atoms with Crippen molar-refractivity contribution in [3.05, 3.63) is 0 Å². The molecule has 1 aliphatic heterocycles. The third-order valence-electron chi connectivity index (χ3n) is 4.64. The molecule has 1 saturated heterocycles. The fraction of sp³-hybridized carbons (Fsp3) is 1.00. The molecular formula is C10H18N2. The Kier molecular flexibility index (Phi) is 1.25. The minimum atomic E-state index is 0.773. The largest absolute Gasteiger partial charge is 0.316 e. The Bertz CT molecular complexity index is 214. The molecular weight excluding hydrogens is 148 g/mol. The van der Waals surface area contributed by atoms with Crippen LogP contribution in [-0.2, 0) is 0 Å². The maximum atomic E-state index is 3.56. The molecule has 1 spiro atoms. The summed E-state index contributed by atoms with van der Waals surface area (Å²) in [7, 11) is 4.48. The second-order valence-corrected chi connectivity index (χ2v) is 5.07. The zero-order chi connectivity index (χ0) is 8.34. The van der Waals surface area contributed by atoms with E-state index < -0.39 is 0 Å². The highest BCUT2D eigenvalue weighted by molar-refractivity contribution is 5.21. The van der Waals surface area contributed by atoms with E-state index in [4.69, 9.17) is 0 Å². The minimum absolute atomic E-state index is 0.773. The summed E-state index contributed by atoms with van der Waals surface area (Å²) in [5, 5.41) is 3.56. The van der Waals surface area contributed by atoms with Gasteiger partial charge in [-0.15, -0.1) is 0 Å². The topological polar surface area (TPSA) is 15.3 Å². The molecule has 4 unspecified atom stereocenters. The first kappa shape index (κ1) is 7.34. The first-order chi connectivity index (χ1) is 5.76. The van der Waals surface area contributed by atoms with Gasteiger partial charge in [0.1, 0.15) is 0 Å². The molecule has 3 fully saturated rings. The molecule has 2 saturated carbocycles.